The van der Waals surface area contributed by atoms with Gasteiger partial charge in [-0.15, -0.1) is 0 Å². The molecule has 1 atom stereocenters. The van der Waals surface area contributed by atoms with E-state index < -0.39 is 17.5 Å². The lowest BCUT2D eigenvalue weighted by Crippen LogP contribution is -2.51. The maximum atomic E-state index is 13.1. The van der Waals surface area contributed by atoms with Gasteiger partial charge in [0.2, 0.25) is 0 Å². The van der Waals surface area contributed by atoms with Crippen molar-refractivity contribution in [2.24, 2.45) is 0 Å². The van der Waals surface area contributed by atoms with E-state index in [0.29, 0.717) is 29.9 Å². The summed E-state index contributed by atoms with van der Waals surface area (Å²) < 4.78 is 10.3. The Bertz CT molecular complexity index is 948. The van der Waals surface area contributed by atoms with Gasteiger partial charge in [0, 0.05) is 6.42 Å². The summed E-state index contributed by atoms with van der Waals surface area (Å²) in [5, 5.41) is 2.89. The Kier molecular flexibility index (Phi) is 4.02. The number of esters is 1. The molecule has 2 aromatic rings. The number of carbonyl (C=O) groups excluding carboxylic acids is 3. The lowest BCUT2D eigenvalue weighted by atomic mass is 9.78. The Labute approximate surface area is 156 Å². The zero-order valence-corrected chi connectivity index (χ0v) is 15.2. The highest BCUT2D eigenvalue weighted by Crippen LogP contribution is 2.34. The van der Waals surface area contributed by atoms with Gasteiger partial charge in [-0.1, -0.05) is 24.3 Å². The highest BCUT2D eigenvalue weighted by Gasteiger charge is 2.52. The van der Waals surface area contributed by atoms with E-state index in [9.17, 15) is 14.4 Å². The van der Waals surface area contributed by atoms with Crippen LogP contribution in [0.15, 0.2) is 34.7 Å². The molecule has 7 heteroatoms. The first-order valence-electron chi connectivity index (χ1n) is 8.82. The molecule has 1 spiro atoms. The maximum Gasteiger partial charge on any atom is 0.341 e. The van der Waals surface area contributed by atoms with Gasteiger partial charge in [-0.2, -0.15) is 0 Å². The number of carbonyl (C=O) groups is 3. The molecule has 0 bridgehead atoms. The first kappa shape index (κ1) is 17.3. The number of rotatable bonds is 3. The number of urea groups is 1. The molecule has 1 aliphatic heterocycles. The first-order valence-corrected chi connectivity index (χ1v) is 8.82. The number of hydrogen-bond acceptors (Lipinski definition) is 5. The molecule has 7 nitrogen and oxygen atoms in total. The third-order valence-corrected chi connectivity index (χ3v) is 5.37. The Balaban J connectivity index is 1.57. The quantitative estimate of drug-likeness (QED) is 0.664. The second-order valence-corrected chi connectivity index (χ2v) is 7.02. The van der Waals surface area contributed by atoms with Crippen molar-refractivity contribution in [1.29, 1.82) is 0 Å². The van der Waals surface area contributed by atoms with Crippen molar-refractivity contribution in [1.82, 2.24) is 10.2 Å². The van der Waals surface area contributed by atoms with Crippen molar-refractivity contribution < 1.29 is 23.5 Å². The van der Waals surface area contributed by atoms with Crippen molar-refractivity contribution >= 4 is 17.9 Å². The van der Waals surface area contributed by atoms with Crippen LogP contribution >= 0.6 is 0 Å². The van der Waals surface area contributed by atoms with Gasteiger partial charge in [-0.3, -0.25) is 9.69 Å². The minimum Gasteiger partial charge on any atom is -0.465 e. The molecule has 1 aromatic carbocycles. The van der Waals surface area contributed by atoms with Crippen LogP contribution in [0.2, 0.25) is 0 Å². The molecule has 1 unspecified atom stereocenters. The van der Waals surface area contributed by atoms with E-state index in [1.807, 2.05) is 18.2 Å². The number of ether oxygens (including phenoxy) is 1. The summed E-state index contributed by atoms with van der Waals surface area (Å²) in [5.41, 5.74) is 1.69. The van der Waals surface area contributed by atoms with Crippen LogP contribution in [0.25, 0.3) is 0 Å². The molecule has 1 fully saturated rings. The predicted molar refractivity (Wildman–Crippen MR) is 95.1 cm³/mol. The summed E-state index contributed by atoms with van der Waals surface area (Å²) in [7, 11) is 1.29. The lowest BCUT2D eigenvalue weighted by molar-refractivity contribution is -0.132. The topological polar surface area (TPSA) is 88.9 Å². The second kappa shape index (κ2) is 6.26. The molecule has 27 heavy (non-hydrogen) atoms. The molecular formula is C20H20N2O5. The molecule has 0 saturated carbocycles. The van der Waals surface area contributed by atoms with E-state index >= 15 is 0 Å². The summed E-state index contributed by atoms with van der Waals surface area (Å²) in [6.07, 6.45) is 1.78. The number of nitrogens with zero attached hydrogens (tertiary/aromatic N) is 1. The van der Waals surface area contributed by atoms with Gasteiger partial charge in [0.05, 0.1) is 13.7 Å². The predicted octanol–water partition coefficient (Wildman–Crippen LogP) is 2.35. The summed E-state index contributed by atoms with van der Waals surface area (Å²) >= 11 is 0. The van der Waals surface area contributed by atoms with Gasteiger partial charge in [0.1, 0.15) is 22.6 Å². The van der Waals surface area contributed by atoms with Crippen molar-refractivity contribution in [3.05, 3.63) is 58.5 Å². The normalized spacial score (nSPS) is 21.3. The molecule has 1 N–H and O–H groups in total. The van der Waals surface area contributed by atoms with E-state index in [-0.39, 0.29) is 12.5 Å². The molecule has 2 aliphatic rings. The van der Waals surface area contributed by atoms with Crippen molar-refractivity contribution in [3.8, 4) is 0 Å². The van der Waals surface area contributed by atoms with Gasteiger partial charge in [0.15, 0.2) is 0 Å². The highest BCUT2D eigenvalue weighted by molar-refractivity contribution is 6.07. The molecule has 1 aliphatic carbocycles. The van der Waals surface area contributed by atoms with Gasteiger partial charge < -0.3 is 14.5 Å². The molecule has 3 amide bonds. The zero-order valence-electron chi connectivity index (χ0n) is 15.2. The number of imide groups is 1. The summed E-state index contributed by atoms with van der Waals surface area (Å²) in [4.78, 5) is 38.5. The number of furan rings is 1. The number of aryl methyl sites for hydroxylation is 2. The third kappa shape index (κ3) is 2.79. The SMILES string of the molecule is COC(=O)c1cc(CN2C(=O)NC3(CCc4ccccc4C3)C2=O)oc1C. The van der Waals surface area contributed by atoms with E-state index in [1.54, 1.807) is 6.92 Å². The van der Waals surface area contributed by atoms with E-state index in [0.717, 1.165) is 16.9 Å². The fourth-order valence-corrected chi connectivity index (χ4v) is 3.93. The van der Waals surface area contributed by atoms with E-state index in [1.165, 1.54) is 18.7 Å². The van der Waals surface area contributed by atoms with Gasteiger partial charge >= 0.3 is 12.0 Å². The molecule has 140 valence electrons. The van der Waals surface area contributed by atoms with Crippen LogP contribution in [0.4, 0.5) is 4.79 Å². The average Bonchev–Trinajstić information content (AvgIpc) is 3.14. The number of nitrogens with one attached hydrogen (secondary N) is 1. The number of benzene rings is 1. The summed E-state index contributed by atoms with van der Waals surface area (Å²) in [5.74, 6) is -0.00870. The summed E-state index contributed by atoms with van der Waals surface area (Å²) in [6, 6.07) is 9.06. The molecule has 4 rings (SSSR count). The van der Waals surface area contributed by atoms with E-state index in [2.05, 4.69) is 11.4 Å². The van der Waals surface area contributed by atoms with Crippen LogP contribution in [0.1, 0.15) is 39.4 Å². The van der Waals surface area contributed by atoms with Gasteiger partial charge in [0.25, 0.3) is 5.91 Å². The maximum absolute atomic E-state index is 13.1. The minimum absolute atomic E-state index is 0.0219. The second-order valence-electron chi connectivity index (χ2n) is 7.02. The molecular weight excluding hydrogens is 348 g/mol. The largest absolute Gasteiger partial charge is 0.465 e. The van der Waals surface area contributed by atoms with Crippen LogP contribution in [0, 0.1) is 6.92 Å². The fraction of sp³-hybridized carbons (Fsp3) is 0.350. The Morgan fingerprint density at radius 1 is 1.30 bits per heavy atom. The molecule has 2 heterocycles. The number of methoxy groups -OCH3 is 1. The standard InChI is InChI=1S/C20H20N2O5/c1-12-16(17(23)26-2)9-15(27-12)11-22-18(24)20(21-19(22)25)8-7-13-5-3-4-6-14(13)10-20/h3-6,9H,7-8,10-11H2,1-2H3,(H,21,25). The Morgan fingerprint density at radius 3 is 2.78 bits per heavy atom. The Hall–Kier alpha value is -3.09. The average molecular weight is 368 g/mol. The zero-order chi connectivity index (χ0) is 19.2. The van der Waals surface area contributed by atoms with Gasteiger partial charge in [-0.25, -0.2) is 9.59 Å². The molecule has 0 radical (unpaired) electrons. The monoisotopic (exact) mass is 368 g/mol. The van der Waals surface area contributed by atoms with Crippen LogP contribution in [0.3, 0.4) is 0 Å². The van der Waals surface area contributed by atoms with Gasteiger partial charge in [-0.05, 0) is 37.0 Å². The Morgan fingerprint density at radius 2 is 2.04 bits per heavy atom. The third-order valence-electron chi connectivity index (χ3n) is 5.37. The van der Waals surface area contributed by atoms with Crippen molar-refractivity contribution in [2.75, 3.05) is 7.11 Å². The minimum atomic E-state index is -0.905. The smallest absolute Gasteiger partial charge is 0.341 e. The highest BCUT2D eigenvalue weighted by atomic mass is 16.5. The molecule has 1 saturated heterocycles. The fourth-order valence-electron chi connectivity index (χ4n) is 3.93. The van der Waals surface area contributed by atoms with E-state index in [4.69, 9.17) is 9.15 Å². The number of fused-ring (bicyclic) bond motifs is 1. The van der Waals surface area contributed by atoms with Crippen LogP contribution in [-0.2, 0) is 28.9 Å². The first-order chi connectivity index (χ1) is 12.9. The van der Waals surface area contributed by atoms with Crippen molar-refractivity contribution in [2.45, 2.75) is 38.3 Å². The lowest BCUT2D eigenvalue weighted by Gasteiger charge is -2.32. The van der Waals surface area contributed by atoms with Crippen LogP contribution < -0.4 is 5.32 Å². The van der Waals surface area contributed by atoms with Crippen LogP contribution in [0.5, 0.6) is 0 Å². The molecule has 1 aromatic heterocycles. The summed E-state index contributed by atoms with van der Waals surface area (Å²) in [6.45, 7) is 1.62. The van der Waals surface area contributed by atoms with Crippen molar-refractivity contribution in [3.63, 3.8) is 0 Å². The number of hydrogen-bond donors (Lipinski definition) is 1. The number of amides is 3. The van der Waals surface area contributed by atoms with Crippen LogP contribution in [-0.4, -0.2) is 35.5 Å².